The van der Waals surface area contributed by atoms with Crippen LogP contribution >= 0.6 is 0 Å². The van der Waals surface area contributed by atoms with Gasteiger partial charge in [0, 0.05) is 0 Å². The first-order valence-electron chi connectivity index (χ1n) is 9.24. The molecule has 0 aliphatic carbocycles. The van der Waals surface area contributed by atoms with Crippen LogP contribution in [-0.4, -0.2) is 61.2 Å². The van der Waals surface area contributed by atoms with Crippen molar-refractivity contribution >= 4 is 34.2 Å². The van der Waals surface area contributed by atoms with E-state index in [1.165, 1.54) is 0 Å². The van der Waals surface area contributed by atoms with Gasteiger partial charge in [0.25, 0.3) is 11.8 Å². The minimum absolute atomic E-state index is 0.0865. The van der Waals surface area contributed by atoms with Crippen molar-refractivity contribution in [1.29, 1.82) is 0 Å². The summed E-state index contributed by atoms with van der Waals surface area (Å²) in [6.07, 6.45) is 0. The average Bonchev–Trinajstić information content (AvgIpc) is 2.69. The van der Waals surface area contributed by atoms with Crippen molar-refractivity contribution < 1.29 is 38.0 Å². The molecule has 3 atom stereocenters. The zero-order chi connectivity index (χ0) is 23.3. The number of nitrogens with zero attached hydrogens (tertiary/aromatic N) is 1. The van der Waals surface area contributed by atoms with Crippen LogP contribution in [0, 0.1) is 0 Å². The first kappa shape index (κ1) is 24.1. The number of benzene rings is 1. The van der Waals surface area contributed by atoms with E-state index in [-0.39, 0.29) is 5.62 Å². The number of carbonyl (C=O) groups is 4. The van der Waals surface area contributed by atoms with Crippen LogP contribution in [0.4, 0.5) is 0 Å². The van der Waals surface area contributed by atoms with Gasteiger partial charge in [-0.1, -0.05) is 18.2 Å². The van der Waals surface area contributed by atoms with E-state index in [1.807, 2.05) is 0 Å². The molecule has 1 aromatic rings. The normalized spacial score (nSPS) is 20.1. The maximum atomic E-state index is 12.7. The molecule has 0 aromatic heterocycles. The number of aliphatic hydroxyl groups is 1. The van der Waals surface area contributed by atoms with E-state index in [9.17, 15) is 28.5 Å². The molecule has 2 rings (SSSR count). The van der Waals surface area contributed by atoms with Crippen molar-refractivity contribution in [3.8, 4) is 5.75 Å². The van der Waals surface area contributed by atoms with E-state index in [1.54, 1.807) is 51.1 Å². The molecule has 1 aliphatic heterocycles. The number of allylic oxidation sites excluding steroid dienone is 1. The summed E-state index contributed by atoms with van der Waals surface area (Å²) in [5, 5.41) is 10.9. The Morgan fingerprint density at radius 1 is 1.26 bits per heavy atom. The van der Waals surface area contributed by atoms with Gasteiger partial charge in [0.15, 0.2) is 12.3 Å². The third-order valence-corrected chi connectivity index (χ3v) is 5.13. The van der Waals surface area contributed by atoms with Gasteiger partial charge >= 0.3 is 5.97 Å². The first-order chi connectivity index (χ1) is 14.5. The Labute approximate surface area is 181 Å². The number of hydrogen-bond donors (Lipinski definition) is 2. The standard InChI is InChI=1S/C20H24N2O8S/c1-12(24)16(19(27)30-20(2,3)4)22-17(26)15(18(22)31(28)11-23)21-14(25)10-29-13-8-6-5-7-9-13/h5-9,11,15,18,24H,10H2,1-4H3,(H,21,25)/b16-12-/t15-,18-,31?/m1/s1. The summed E-state index contributed by atoms with van der Waals surface area (Å²) < 4.78 is 22.7. The van der Waals surface area contributed by atoms with Gasteiger partial charge < -0.3 is 19.9 Å². The van der Waals surface area contributed by atoms with Crippen molar-refractivity contribution in [2.45, 2.75) is 44.7 Å². The molecule has 1 fully saturated rings. The van der Waals surface area contributed by atoms with E-state index in [4.69, 9.17) is 9.47 Å². The predicted octanol–water partition coefficient (Wildman–Crippen LogP) is 0.789. The fraction of sp³-hybridized carbons (Fsp3) is 0.400. The number of esters is 1. The Balaban J connectivity index is 2.18. The van der Waals surface area contributed by atoms with Crippen molar-refractivity contribution in [3.05, 3.63) is 41.8 Å². The number of likely N-dealkylation sites (tertiary alicyclic amines) is 1. The van der Waals surface area contributed by atoms with Crippen LogP contribution < -0.4 is 10.1 Å². The maximum absolute atomic E-state index is 12.7. The zero-order valence-corrected chi connectivity index (χ0v) is 18.3. The largest absolute Gasteiger partial charge is 0.510 e. The Morgan fingerprint density at radius 3 is 2.39 bits per heavy atom. The Bertz CT molecular complexity index is 919. The van der Waals surface area contributed by atoms with Gasteiger partial charge in [-0.3, -0.25) is 19.3 Å². The highest BCUT2D eigenvalue weighted by molar-refractivity contribution is 7.99. The predicted molar refractivity (Wildman–Crippen MR) is 111 cm³/mol. The molecule has 0 saturated carbocycles. The van der Waals surface area contributed by atoms with E-state index in [2.05, 4.69) is 5.32 Å². The number of carbonyl (C=O) groups excluding carboxylic acids is 4. The summed E-state index contributed by atoms with van der Waals surface area (Å²) >= 11 is 0. The van der Waals surface area contributed by atoms with Gasteiger partial charge in [0.1, 0.15) is 39.3 Å². The summed E-state index contributed by atoms with van der Waals surface area (Å²) in [6.45, 7) is 5.48. The van der Waals surface area contributed by atoms with Gasteiger partial charge in [0.2, 0.25) is 5.62 Å². The van der Waals surface area contributed by atoms with E-state index in [0.717, 1.165) is 6.92 Å². The smallest absolute Gasteiger partial charge is 0.359 e. The van der Waals surface area contributed by atoms with Crippen molar-refractivity contribution in [3.63, 3.8) is 0 Å². The van der Waals surface area contributed by atoms with Crippen LogP contribution in [0.5, 0.6) is 5.75 Å². The first-order valence-corrected chi connectivity index (χ1v) is 10.5. The van der Waals surface area contributed by atoms with Gasteiger partial charge in [-0.2, -0.15) is 0 Å². The highest BCUT2D eigenvalue weighted by Crippen LogP contribution is 2.30. The molecule has 0 bridgehead atoms. The molecule has 2 N–H and O–H groups in total. The fourth-order valence-electron chi connectivity index (χ4n) is 2.76. The number of amides is 2. The van der Waals surface area contributed by atoms with E-state index < -0.39 is 63.7 Å². The summed E-state index contributed by atoms with van der Waals surface area (Å²) in [5.41, 5.74) is -1.40. The van der Waals surface area contributed by atoms with Crippen LogP contribution in [0.25, 0.3) is 0 Å². The molecule has 1 saturated heterocycles. The Morgan fingerprint density at radius 2 is 1.87 bits per heavy atom. The molecule has 10 nitrogen and oxygen atoms in total. The Kier molecular flexibility index (Phi) is 7.55. The maximum Gasteiger partial charge on any atom is 0.359 e. The van der Waals surface area contributed by atoms with Crippen LogP contribution in [0.15, 0.2) is 41.8 Å². The SMILES string of the molecule is C/C(O)=C(\C(=O)OC(C)(C)C)N1C(=O)[C@@H](NC(=O)COc2ccccc2)[C@H]1S(=O)C=O. The molecule has 168 valence electrons. The molecular formula is C20H24N2O8S. The number of rotatable bonds is 8. The highest BCUT2D eigenvalue weighted by Gasteiger charge is 2.55. The zero-order valence-electron chi connectivity index (χ0n) is 17.5. The average molecular weight is 452 g/mol. The molecule has 0 spiro atoms. The summed E-state index contributed by atoms with van der Waals surface area (Å²) in [4.78, 5) is 49.2. The minimum atomic E-state index is -2.28. The van der Waals surface area contributed by atoms with Gasteiger partial charge in [0.05, 0.1) is 0 Å². The van der Waals surface area contributed by atoms with Gasteiger partial charge in [-0.05, 0) is 39.8 Å². The van der Waals surface area contributed by atoms with Crippen LogP contribution in [0.2, 0.25) is 0 Å². The second kappa shape index (κ2) is 9.73. The molecular weight excluding hydrogens is 428 g/mol. The lowest BCUT2D eigenvalue weighted by atomic mass is 10.0. The van der Waals surface area contributed by atoms with Crippen LogP contribution in [0.3, 0.4) is 0 Å². The van der Waals surface area contributed by atoms with Crippen molar-refractivity contribution in [1.82, 2.24) is 10.2 Å². The number of nitrogens with one attached hydrogen (secondary N) is 1. The minimum Gasteiger partial charge on any atom is -0.510 e. The second-order valence-corrected chi connectivity index (χ2v) is 8.94. The Hall–Kier alpha value is -3.21. The topological polar surface area (TPSA) is 139 Å². The quantitative estimate of drug-likeness (QED) is 0.194. The second-order valence-electron chi connectivity index (χ2n) is 7.61. The van der Waals surface area contributed by atoms with Gasteiger partial charge in [-0.15, -0.1) is 0 Å². The number of hydrogen-bond acceptors (Lipinski definition) is 8. The third-order valence-electron chi connectivity index (χ3n) is 3.98. The molecule has 1 aromatic carbocycles. The van der Waals surface area contributed by atoms with E-state index in [0.29, 0.717) is 10.6 Å². The molecule has 2 amide bonds. The summed E-state index contributed by atoms with van der Waals surface area (Å²) in [7, 11) is -2.28. The molecule has 11 heteroatoms. The monoisotopic (exact) mass is 452 g/mol. The number of para-hydroxylation sites is 1. The molecule has 1 heterocycles. The summed E-state index contributed by atoms with van der Waals surface area (Å²) in [6, 6.07) is 7.12. The molecule has 0 radical (unpaired) electrons. The molecule has 1 unspecified atom stereocenters. The van der Waals surface area contributed by atoms with Crippen LogP contribution in [-0.2, 0) is 34.7 Å². The van der Waals surface area contributed by atoms with Crippen LogP contribution in [0.1, 0.15) is 27.7 Å². The third kappa shape index (κ3) is 5.91. The lowest BCUT2D eigenvalue weighted by molar-refractivity contribution is -0.159. The molecule has 1 aliphatic rings. The highest BCUT2D eigenvalue weighted by atomic mass is 32.2. The van der Waals surface area contributed by atoms with Crippen molar-refractivity contribution in [2.24, 2.45) is 0 Å². The summed E-state index contributed by atoms with van der Waals surface area (Å²) in [5.74, 6) is -2.70. The number of β-lactam (4-membered cyclic amide) rings is 1. The number of aliphatic hydroxyl groups excluding tert-OH is 1. The number of ether oxygens (including phenoxy) is 2. The van der Waals surface area contributed by atoms with Crippen molar-refractivity contribution in [2.75, 3.05) is 6.61 Å². The fourth-order valence-corrected chi connectivity index (χ4v) is 3.74. The lowest BCUT2D eigenvalue weighted by Crippen LogP contribution is -2.72. The van der Waals surface area contributed by atoms with E-state index >= 15 is 0 Å². The lowest BCUT2D eigenvalue weighted by Gasteiger charge is -2.45. The van der Waals surface area contributed by atoms with Gasteiger partial charge in [-0.25, -0.2) is 9.00 Å². The molecule has 31 heavy (non-hydrogen) atoms.